The van der Waals surface area contributed by atoms with Gasteiger partial charge in [-0.05, 0) is 87.3 Å². The highest BCUT2D eigenvalue weighted by Crippen LogP contribution is 2.25. The molecule has 3 aromatic rings. The number of nitrogens with one attached hydrogen (secondary N) is 5. The van der Waals surface area contributed by atoms with Gasteiger partial charge in [0.25, 0.3) is 0 Å². The number of carbonyl (C=O) groups is 6. The van der Waals surface area contributed by atoms with E-state index in [-0.39, 0.29) is 56.0 Å². The lowest BCUT2D eigenvalue weighted by atomic mass is 10.0. The number of hydrogen-bond donors (Lipinski definition) is 10. The Morgan fingerprint density at radius 1 is 0.982 bits per heavy atom. The van der Waals surface area contributed by atoms with Crippen LogP contribution in [0.25, 0.3) is 10.9 Å². The van der Waals surface area contributed by atoms with Crippen molar-refractivity contribution in [2.24, 2.45) is 11.5 Å². The van der Waals surface area contributed by atoms with Gasteiger partial charge in [0.2, 0.25) is 35.4 Å². The Kier molecular flexibility index (Phi) is 20.8. The summed E-state index contributed by atoms with van der Waals surface area (Å²) in [5, 5.41) is 36.8. The lowest BCUT2D eigenvalue weighted by Crippen LogP contribution is -2.46. The Morgan fingerprint density at radius 3 is 2.28 bits per heavy atom. The van der Waals surface area contributed by atoms with Gasteiger partial charge in [-0.3, -0.25) is 28.8 Å². The van der Waals surface area contributed by atoms with Gasteiger partial charge in [0, 0.05) is 93.4 Å². The molecule has 4 rings (SSSR count). The van der Waals surface area contributed by atoms with Gasteiger partial charge < -0.3 is 57.6 Å². The minimum Gasteiger partial charge on any atom is -0.396 e. The summed E-state index contributed by atoms with van der Waals surface area (Å²) in [7, 11) is 1.56. The minimum absolute atomic E-state index is 0.0160. The van der Waals surface area contributed by atoms with E-state index >= 15 is 0 Å². The third kappa shape index (κ3) is 16.6. The van der Waals surface area contributed by atoms with E-state index in [1.54, 1.807) is 11.9 Å². The number of halogens is 1. The maximum atomic E-state index is 12.3. The standard InChI is InChI=1S/C16H18ClN3O2.C12H19N3O2.C11H22N2O5/c17-11-4-5-13-12(8-11)10(9-19-13)3-6-15(21)20-7-1-2-14(20)16(18)22;1-7-8(2)14-6-10(7)5-11(12(17)13-4)15-9(3)16;12-10(17)4-1-5-11(18)13-7-9(16)8(15)3-2-6-14/h4-5,8-9,14,19H,1-3,6-7H2,(H2,18,22);6,11,14H,5H2,1-4H3,(H,13,17)(H,15,16);8-9,14-16H,1-7H2,(H2,12,17)(H,13,18)/t14-;11-;8-,9-/m000/s1. The van der Waals surface area contributed by atoms with E-state index in [9.17, 15) is 39.0 Å². The van der Waals surface area contributed by atoms with Gasteiger partial charge in [-0.25, -0.2) is 0 Å². The summed E-state index contributed by atoms with van der Waals surface area (Å²) >= 11 is 6.03. The number of aromatic nitrogens is 2. The Bertz CT molecular complexity index is 1800. The van der Waals surface area contributed by atoms with Crippen molar-refractivity contribution in [3.63, 3.8) is 0 Å². The third-order valence-corrected chi connectivity index (χ3v) is 9.78. The monoisotopic (exact) mass is 818 g/mol. The molecule has 18 heteroatoms. The summed E-state index contributed by atoms with van der Waals surface area (Å²) in [4.78, 5) is 76.0. The number of nitrogens with two attached hydrogens (primary N) is 2. The molecule has 3 heterocycles. The fraction of sp³-hybridized carbons (Fsp3) is 0.538. The number of carbonyl (C=O) groups excluding carboxylic acids is 6. The van der Waals surface area contributed by atoms with E-state index in [2.05, 4.69) is 25.9 Å². The molecule has 316 valence electrons. The normalized spacial score (nSPS) is 14.9. The highest BCUT2D eigenvalue weighted by molar-refractivity contribution is 6.31. The molecule has 1 aliphatic rings. The number of primary amides is 2. The molecule has 2 aromatic heterocycles. The highest BCUT2D eigenvalue weighted by atomic mass is 35.5. The maximum Gasteiger partial charge on any atom is 0.242 e. The molecule has 4 atom stereocenters. The first kappa shape index (κ1) is 48.2. The number of rotatable bonds is 18. The SMILES string of the molecule is CNC(=O)[C@H](Cc1c[nH]c(C)c1C)NC(C)=O.NC(=O)CCCC(=O)NC[C@H](O)[C@@H](O)CCCO.NC(=O)[C@@H]1CCCN1C(=O)CCc1c[nH]c2ccc(Cl)cc12. The molecule has 1 fully saturated rings. The van der Waals surface area contributed by atoms with Gasteiger partial charge in [-0.15, -0.1) is 0 Å². The van der Waals surface area contributed by atoms with Gasteiger partial charge in [0.05, 0.1) is 12.2 Å². The molecule has 0 unspecified atom stereocenters. The predicted octanol–water partition coefficient (Wildman–Crippen LogP) is 0.907. The van der Waals surface area contributed by atoms with Gasteiger partial charge in [-0.2, -0.15) is 0 Å². The summed E-state index contributed by atoms with van der Waals surface area (Å²) < 4.78 is 0. The van der Waals surface area contributed by atoms with E-state index in [0.717, 1.165) is 39.7 Å². The van der Waals surface area contributed by atoms with Crippen LogP contribution in [0.15, 0.2) is 30.6 Å². The number of amides is 6. The van der Waals surface area contributed by atoms with Gasteiger partial charge in [0.15, 0.2) is 0 Å². The van der Waals surface area contributed by atoms with Crippen molar-refractivity contribution in [1.29, 1.82) is 0 Å². The van der Waals surface area contributed by atoms with Crippen LogP contribution in [0.3, 0.4) is 0 Å². The van der Waals surface area contributed by atoms with E-state index in [0.29, 0.717) is 50.1 Å². The molecule has 57 heavy (non-hydrogen) atoms. The molecular weight excluding hydrogens is 760 g/mol. The number of H-pyrrole nitrogens is 2. The number of aromatic amines is 2. The topological polar surface area (TPSA) is 286 Å². The average molecular weight is 819 g/mol. The van der Waals surface area contributed by atoms with Crippen LogP contribution in [0.2, 0.25) is 5.02 Å². The molecule has 0 spiro atoms. The van der Waals surface area contributed by atoms with Crippen LogP contribution >= 0.6 is 11.6 Å². The second-order valence-corrected chi connectivity index (χ2v) is 14.3. The molecule has 0 saturated carbocycles. The van der Waals surface area contributed by atoms with E-state index < -0.39 is 36.1 Å². The van der Waals surface area contributed by atoms with Crippen molar-refractivity contribution in [3.05, 3.63) is 58.0 Å². The zero-order valence-electron chi connectivity index (χ0n) is 33.2. The van der Waals surface area contributed by atoms with Crippen molar-refractivity contribution in [2.45, 2.75) is 109 Å². The number of likely N-dealkylation sites (N-methyl/N-ethyl adjacent to an activating group) is 1. The number of likely N-dealkylation sites (tertiary alicyclic amines) is 1. The third-order valence-electron chi connectivity index (χ3n) is 9.55. The van der Waals surface area contributed by atoms with Crippen LogP contribution in [-0.4, -0.2) is 117 Å². The molecule has 1 aromatic carbocycles. The van der Waals surface area contributed by atoms with Crippen molar-refractivity contribution < 1.29 is 44.1 Å². The second-order valence-electron chi connectivity index (χ2n) is 13.9. The minimum atomic E-state index is -1.06. The van der Waals surface area contributed by atoms with Gasteiger partial charge >= 0.3 is 0 Å². The van der Waals surface area contributed by atoms with Crippen LogP contribution in [0.1, 0.15) is 80.7 Å². The van der Waals surface area contributed by atoms with Crippen molar-refractivity contribution in [3.8, 4) is 0 Å². The summed E-state index contributed by atoms with van der Waals surface area (Å²) in [6.07, 6.45) is 6.07. The predicted molar refractivity (Wildman–Crippen MR) is 216 cm³/mol. The first-order chi connectivity index (χ1) is 27.0. The number of aliphatic hydroxyl groups is 3. The lowest BCUT2D eigenvalue weighted by molar-refractivity contribution is -0.137. The summed E-state index contributed by atoms with van der Waals surface area (Å²) in [6, 6.07) is 4.69. The van der Waals surface area contributed by atoms with E-state index in [1.165, 1.54) is 6.92 Å². The Morgan fingerprint density at radius 2 is 1.68 bits per heavy atom. The quantitative estimate of drug-likeness (QED) is 0.0872. The van der Waals surface area contributed by atoms with Crippen LogP contribution in [0.5, 0.6) is 0 Å². The first-order valence-corrected chi connectivity index (χ1v) is 19.3. The second kappa shape index (κ2) is 24.6. The van der Waals surface area contributed by atoms with Crippen LogP contribution < -0.4 is 27.4 Å². The van der Waals surface area contributed by atoms with Crippen LogP contribution in [0, 0.1) is 13.8 Å². The molecule has 0 aliphatic carbocycles. The number of aryl methyl sites for hydroxylation is 2. The zero-order valence-corrected chi connectivity index (χ0v) is 33.9. The largest absolute Gasteiger partial charge is 0.396 e. The molecule has 17 nitrogen and oxygen atoms in total. The van der Waals surface area contributed by atoms with Crippen molar-refractivity contribution >= 4 is 57.9 Å². The fourth-order valence-electron chi connectivity index (χ4n) is 6.18. The van der Waals surface area contributed by atoms with Crippen molar-refractivity contribution in [1.82, 2.24) is 30.8 Å². The molecule has 1 saturated heterocycles. The van der Waals surface area contributed by atoms with E-state index in [1.807, 2.05) is 44.4 Å². The first-order valence-electron chi connectivity index (χ1n) is 19.0. The molecule has 0 bridgehead atoms. The van der Waals surface area contributed by atoms with Crippen LogP contribution in [-0.2, 0) is 41.6 Å². The zero-order chi connectivity index (χ0) is 42.7. The maximum absolute atomic E-state index is 12.3. The summed E-state index contributed by atoms with van der Waals surface area (Å²) in [6.45, 7) is 5.89. The van der Waals surface area contributed by atoms with Crippen molar-refractivity contribution in [2.75, 3.05) is 26.7 Å². The number of fused-ring (bicyclic) bond motifs is 1. The molecular formula is C39H59ClN8O9. The summed E-state index contributed by atoms with van der Waals surface area (Å²) in [5.74, 6) is -1.57. The smallest absolute Gasteiger partial charge is 0.242 e. The number of aliphatic hydroxyl groups excluding tert-OH is 3. The van der Waals surface area contributed by atoms with E-state index in [4.69, 9.17) is 28.2 Å². The number of benzene rings is 1. The molecule has 12 N–H and O–H groups in total. The molecule has 6 amide bonds. The Balaban J connectivity index is 0.000000299. The Labute approximate surface area is 337 Å². The number of hydrogen-bond acceptors (Lipinski definition) is 9. The fourth-order valence-corrected chi connectivity index (χ4v) is 6.35. The highest BCUT2D eigenvalue weighted by Gasteiger charge is 2.32. The average Bonchev–Trinajstić information content (AvgIpc) is 3.90. The number of nitrogens with zero attached hydrogens (tertiary/aromatic N) is 1. The van der Waals surface area contributed by atoms with Crippen LogP contribution in [0.4, 0.5) is 0 Å². The van der Waals surface area contributed by atoms with Gasteiger partial charge in [-0.1, -0.05) is 11.6 Å². The Hall–Kier alpha value is -4.97. The van der Waals surface area contributed by atoms with Gasteiger partial charge in [0.1, 0.15) is 12.1 Å². The summed E-state index contributed by atoms with van der Waals surface area (Å²) in [5.41, 5.74) is 15.6. The lowest BCUT2D eigenvalue weighted by Gasteiger charge is -2.22. The molecule has 0 radical (unpaired) electrons. The molecule has 1 aliphatic heterocycles.